The van der Waals surface area contributed by atoms with E-state index in [-0.39, 0.29) is 0 Å². The Balaban J connectivity index is 3.21. The fourth-order valence-corrected chi connectivity index (χ4v) is 1.16. The van der Waals surface area contributed by atoms with Gasteiger partial charge in [0.2, 0.25) is 6.29 Å². The Morgan fingerprint density at radius 2 is 2.25 bits per heavy atom. The summed E-state index contributed by atoms with van der Waals surface area (Å²) in [6.07, 6.45) is 2.71. The number of benzene rings is 1. The molecule has 0 aliphatic heterocycles. The quantitative estimate of drug-likeness (QED) is 0.678. The van der Waals surface area contributed by atoms with Crippen LogP contribution in [0.2, 0.25) is 0 Å². The van der Waals surface area contributed by atoms with E-state index in [1.54, 1.807) is 13.2 Å². The molecule has 0 spiro atoms. The molecular formula is C10H11O2. The van der Waals surface area contributed by atoms with Crippen molar-refractivity contribution in [2.45, 2.75) is 13.3 Å². The van der Waals surface area contributed by atoms with Gasteiger partial charge >= 0.3 is 0 Å². The zero-order valence-electron chi connectivity index (χ0n) is 7.26. The van der Waals surface area contributed by atoms with E-state index in [1.807, 2.05) is 25.3 Å². The third-order valence-electron chi connectivity index (χ3n) is 1.82. The van der Waals surface area contributed by atoms with Crippen molar-refractivity contribution in [2.75, 3.05) is 7.11 Å². The first-order valence-corrected chi connectivity index (χ1v) is 3.87. The molecule has 0 saturated heterocycles. The standard InChI is InChI=1S/C10H11O2/c1-3-8-5-4-6-10(12-2)9(8)7-11/h4-6H,3H2,1-2H3. The van der Waals surface area contributed by atoms with Crippen molar-refractivity contribution in [3.8, 4) is 5.75 Å². The van der Waals surface area contributed by atoms with Gasteiger partial charge in [0, 0.05) is 0 Å². The summed E-state index contributed by atoms with van der Waals surface area (Å²) in [7, 11) is 1.55. The molecule has 1 aromatic carbocycles. The molecule has 1 radical (unpaired) electrons. The van der Waals surface area contributed by atoms with Crippen LogP contribution in [0.15, 0.2) is 18.2 Å². The van der Waals surface area contributed by atoms with Gasteiger partial charge in [0.05, 0.1) is 12.7 Å². The average Bonchev–Trinajstić information content (AvgIpc) is 2.16. The first-order valence-electron chi connectivity index (χ1n) is 3.87. The minimum atomic E-state index is 0.544. The van der Waals surface area contributed by atoms with Crippen LogP contribution < -0.4 is 4.74 Å². The van der Waals surface area contributed by atoms with Crippen molar-refractivity contribution < 1.29 is 9.53 Å². The van der Waals surface area contributed by atoms with Crippen LogP contribution in [0.3, 0.4) is 0 Å². The summed E-state index contributed by atoms with van der Waals surface area (Å²) in [5, 5.41) is 0. The van der Waals surface area contributed by atoms with Crippen LogP contribution in [0.5, 0.6) is 5.75 Å². The highest BCUT2D eigenvalue weighted by atomic mass is 16.5. The van der Waals surface area contributed by atoms with E-state index in [1.165, 1.54) is 0 Å². The maximum Gasteiger partial charge on any atom is 0.237 e. The zero-order chi connectivity index (χ0) is 8.97. The SMILES string of the molecule is CCc1cccc(OC)c1[C]=O. The van der Waals surface area contributed by atoms with Gasteiger partial charge in [-0.15, -0.1) is 0 Å². The molecule has 0 aromatic heterocycles. The van der Waals surface area contributed by atoms with E-state index in [4.69, 9.17) is 4.74 Å². The highest BCUT2D eigenvalue weighted by Gasteiger charge is 2.06. The van der Waals surface area contributed by atoms with Crippen molar-refractivity contribution in [3.63, 3.8) is 0 Å². The number of rotatable bonds is 3. The van der Waals surface area contributed by atoms with E-state index in [0.29, 0.717) is 11.3 Å². The van der Waals surface area contributed by atoms with E-state index >= 15 is 0 Å². The maximum absolute atomic E-state index is 10.6. The van der Waals surface area contributed by atoms with Crippen LogP contribution in [-0.2, 0) is 11.2 Å². The third-order valence-corrected chi connectivity index (χ3v) is 1.82. The number of ether oxygens (including phenoxy) is 1. The predicted octanol–water partition coefficient (Wildman–Crippen LogP) is 1.72. The lowest BCUT2D eigenvalue weighted by molar-refractivity contribution is 0.412. The van der Waals surface area contributed by atoms with E-state index < -0.39 is 0 Å². The normalized spacial score (nSPS) is 9.50. The molecule has 0 aliphatic rings. The Hall–Kier alpha value is -1.31. The van der Waals surface area contributed by atoms with Gasteiger partial charge in [0.15, 0.2) is 0 Å². The largest absolute Gasteiger partial charge is 0.496 e. The number of hydrogen-bond donors (Lipinski definition) is 0. The van der Waals surface area contributed by atoms with Crippen LogP contribution in [0.1, 0.15) is 18.1 Å². The van der Waals surface area contributed by atoms with Gasteiger partial charge < -0.3 is 4.74 Å². The molecule has 63 valence electrons. The molecule has 12 heavy (non-hydrogen) atoms. The molecular weight excluding hydrogens is 152 g/mol. The summed E-state index contributed by atoms with van der Waals surface area (Å²) in [5.41, 5.74) is 1.52. The molecule has 0 fully saturated rings. The van der Waals surface area contributed by atoms with Crippen molar-refractivity contribution in [1.82, 2.24) is 0 Å². The Labute approximate surface area is 72.2 Å². The lowest BCUT2D eigenvalue weighted by Gasteiger charge is -2.05. The molecule has 0 unspecified atom stereocenters. The van der Waals surface area contributed by atoms with Gasteiger partial charge in [-0.3, -0.25) is 4.79 Å². The molecule has 1 rings (SSSR count). The second kappa shape index (κ2) is 3.90. The second-order valence-electron chi connectivity index (χ2n) is 2.45. The fraction of sp³-hybridized carbons (Fsp3) is 0.300. The van der Waals surface area contributed by atoms with Crippen molar-refractivity contribution in [2.24, 2.45) is 0 Å². The maximum atomic E-state index is 10.6. The highest BCUT2D eigenvalue weighted by Crippen LogP contribution is 2.20. The lowest BCUT2D eigenvalue weighted by atomic mass is 10.1. The fourth-order valence-electron chi connectivity index (χ4n) is 1.16. The first kappa shape index (κ1) is 8.78. The molecule has 0 heterocycles. The molecule has 2 heteroatoms. The molecule has 0 amide bonds. The smallest absolute Gasteiger partial charge is 0.237 e. The number of aryl methyl sites for hydroxylation is 1. The third kappa shape index (κ3) is 1.47. The van der Waals surface area contributed by atoms with E-state index in [0.717, 1.165) is 12.0 Å². The number of hydrogen-bond acceptors (Lipinski definition) is 2. The highest BCUT2D eigenvalue weighted by molar-refractivity contribution is 5.82. The molecule has 1 aromatic rings. The van der Waals surface area contributed by atoms with Gasteiger partial charge in [-0.2, -0.15) is 0 Å². The lowest BCUT2D eigenvalue weighted by Crippen LogP contribution is -1.95. The van der Waals surface area contributed by atoms with Crippen molar-refractivity contribution >= 4 is 6.29 Å². The van der Waals surface area contributed by atoms with Crippen LogP contribution in [0.4, 0.5) is 0 Å². The van der Waals surface area contributed by atoms with E-state index in [9.17, 15) is 4.79 Å². The molecule has 0 bridgehead atoms. The Bertz CT molecular complexity index is 257. The van der Waals surface area contributed by atoms with Gasteiger partial charge in [-0.05, 0) is 18.1 Å². The van der Waals surface area contributed by atoms with Gasteiger partial charge in [0.1, 0.15) is 5.75 Å². The molecule has 0 saturated carbocycles. The number of carbonyl (C=O) groups excluding carboxylic acids is 1. The average molecular weight is 163 g/mol. The van der Waals surface area contributed by atoms with E-state index in [2.05, 4.69) is 0 Å². The molecule has 0 N–H and O–H groups in total. The van der Waals surface area contributed by atoms with Crippen molar-refractivity contribution in [3.05, 3.63) is 29.3 Å². The van der Waals surface area contributed by atoms with Crippen LogP contribution in [-0.4, -0.2) is 13.4 Å². The first-order chi connectivity index (χ1) is 5.83. The van der Waals surface area contributed by atoms with Crippen LogP contribution in [0, 0.1) is 0 Å². The Morgan fingerprint density at radius 3 is 2.75 bits per heavy atom. The molecule has 0 atom stereocenters. The summed E-state index contributed by atoms with van der Waals surface area (Å²) < 4.78 is 5.02. The predicted molar refractivity (Wildman–Crippen MR) is 47.2 cm³/mol. The van der Waals surface area contributed by atoms with Gasteiger partial charge in [0.25, 0.3) is 0 Å². The van der Waals surface area contributed by atoms with Crippen LogP contribution >= 0.6 is 0 Å². The van der Waals surface area contributed by atoms with Crippen molar-refractivity contribution in [1.29, 1.82) is 0 Å². The Kier molecular flexibility index (Phi) is 2.86. The minimum absolute atomic E-state index is 0.544. The minimum Gasteiger partial charge on any atom is -0.496 e. The summed E-state index contributed by atoms with van der Waals surface area (Å²) in [4.78, 5) is 10.6. The summed E-state index contributed by atoms with van der Waals surface area (Å²) >= 11 is 0. The number of methoxy groups -OCH3 is 1. The Morgan fingerprint density at radius 1 is 1.50 bits per heavy atom. The van der Waals surface area contributed by atoms with Gasteiger partial charge in [-0.25, -0.2) is 0 Å². The van der Waals surface area contributed by atoms with Gasteiger partial charge in [-0.1, -0.05) is 19.1 Å². The summed E-state index contributed by atoms with van der Waals surface area (Å²) in [6, 6.07) is 5.54. The topological polar surface area (TPSA) is 26.3 Å². The monoisotopic (exact) mass is 163 g/mol. The van der Waals surface area contributed by atoms with Crippen LogP contribution in [0.25, 0.3) is 0 Å². The molecule has 0 aliphatic carbocycles. The zero-order valence-corrected chi connectivity index (χ0v) is 7.26. The molecule has 2 nitrogen and oxygen atoms in total. The summed E-state index contributed by atoms with van der Waals surface area (Å²) in [6.45, 7) is 2.00. The summed E-state index contributed by atoms with van der Waals surface area (Å²) in [5.74, 6) is 0.601. The second-order valence-corrected chi connectivity index (χ2v) is 2.45.